The molecule has 1 saturated carbocycles. The van der Waals surface area contributed by atoms with Crippen LogP contribution in [0, 0.1) is 23.5 Å². The van der Waals surface area contributed by atoms with Crippen LogP contribution in [0.3, 0.4) is 0 Å². The van der Waals surface area contributed by atoms with E-state index in [0.717, 1.165) is 24.1 Å². The summed E-state index contributed by atoms with van der Waals surface area (Å²) in [5.41, 5.74) is 0.974. The van der Waals surface area contributed by atoms with Crippen LogP contribution >= 0.6 is 0 Å². The highest BCUT2D eigenvalue weighted by Gasteiger charge is 2.64. The van der Waals surface area contributed by atoms with E-state index in [2.05, 4.69) is 29.4 Å². The number of amides is 1. The molecule has 6 nitrogen and oxygen atoms in total. The Labute approximate surface area is 205 Å². The Morgan fingerprint density at radius 2 is 1.94 bits per heavy atom. The molecule has 5 rings (SSSR count). The van der Waals surface area contributed by atoms with Gasteiger partial charge in [0.1, 0.15) is 17.2 Å². The van der Waals surface area contributed by atoms with Crippen molar-refractivity contribution >= 4 is 6.09 Å². The maximum absolute atomic E-state index is 14.5. The molecular weight excluding hydrogens is 450 g/mol. The van der Waals surface area contributed by atoms with Gasteiger partial charge in [0.05, 0.1) is 23.0 Å². The van der Waals surface area contributed by atoms with Gasteiger partial charge in [-0.05, 0) is 75.1 Å². The smallest absolute Gasteiger partial charge is 0.410 e. The van der Waals surface area contributed by atoms with Crippen molar-refractivity contribution in [1.82, 2.24) is 20.4 Å². The van der Waals surface area contributed by atoms with Crippen LogP contribution in [0.25, 0.3) is 11.3 Å². The molecule has 1 amide bonds. The van der Waals surface area contributed by atoms with Crippen LogP contribution in [0.5, 0.6) is 0 Å². The van der Waals surface area contributed by atoms with Crippen molar-refractivity contribution in [1.29, 1.82) is 0 Å². The predicted octanol–water partition coefficient (Wildman–Crippen LogP) is 5.03. The number of nitrogens with zero attached hydrogens (tertiary/aromatic N) is 3. The van der Waals surface area contributed by atoms with E-state index in [-0.39, 0.29) is 35.2 Å². The van der Waals surface area contributed by atoms with Crippen LogP contribution < -0.4 is 5.32 Å². The predicted molar refractivity (Wildman–Crippen MR) is 129 cm³/mol. The largest absolute Gasteiger partial charge is 0.444 e. The van der Waals surface area contributed by atoms with Crippen LogP contribution in [0.1, 0.15) is 64.6 Å². The lowest BCUT2D eigenvalue weighted by Crippen LogP contribution is -2.63. The van der Waals surface area contributed by atoms with Gasteiger partial charge in [0.15, 0.2) is 0 Å². The molecule has 1 saturated heterocycles. The average molecular weight is 485 g/mol. The van der Waals surface area contributed by atoms with Crippen molar-refractivity contribution in [2.24, 2.45) is 11.8 Å². The number of hydrogen-bond acceptors (Lipinski definition) is 5. The maximum atomic E-state index is 14.5. The van der Waals surface area contributed by atoms with Crippen molar-refractivity contribution < 1.29 is 18.3 Å². The van der Waals surface area contributed by atoms with E-state index >= 15 is 0 Å². The zero-order valence-electron chi connectivity index (χ0n) is 21.1. The van der Waals surface area contributed by atoms with Gasteiger partial charge in [0, 0.05) is 25.0 Å². The summed E-state index contributed by atoms with van der Waals surface area (Å²) >= 11 is 0. The van der Waals surface area contributed by atoms with Gasteiger partial charge >= 0.3 is 6.09 Å². The van der Waals surface area contributed by atoms with E-state index in [9.17, 15) is 13.6 Å². The van der Waals surface area contributed by atoms with E-state index in [1.165, 1.54) is 18.2 Å². The van der Waals surface area contributed by atoms with E-state index in [1.807, 2.05) is 31.7 Å². The second-order valence-electron chi connectivity index (χ2n) is 11.5. The van der Waals surface area contributed by atoms with Gasteiger partial charge in [0.2, 0.25) is 0 Å². The normalized spacial score (nSPS) is 27.9. The van der Waals surface area contributed by atoms with E-state index in [0.29, 0.717) is 25.6 Å². The number of nitrogens with one attached hydrogen (secondary N) is 1. The first-order valence-electron chi connectivity index (χ1n) is 12.6. The second-order valence-corrected chi connectivity index (χ2v) is 11.5. The molecule has 0 spiro atoms. The van der Waals surface area contributed by atoms with Crippen LogP contribution in [-0.2, 0) is 10.2 Å². The van der Waals surface area contributed by atoms with Crippen LogP contribution in [0.15, 0.2) is 24.3 Å². The number of piperazine rings is 1. The highest BCUT2D eigenvalue weighted by atomic mass is 19.1. The first-order chi connectivity index (χ1) is 16.5. The number of carbonyl (C=O) groups excluding carboxylic acids is 1. The fourth-order valence-corrected chi connectivity index (χ4v) is 6.95. The molecule has 3 aliphatic rings. The van der Waals surface area contributed by atoms with Gasteiger partial charge in [-0.3, -0.25) is 0 Å². The number of ether oxygens (including phenoxy) is 1. The van der Waals surface area contributed by atoms with Crippen LogP contribution in [0.2, 0.25) is 0 Å². The minimum atomic E-state index is -0.648. The second kappa shape index (κ2) is 8.50. The number of rotatable bonds is 3. The molecule has 1 aliphatic heterocycles. The van der Waals surface area contributed by atoms with Crippen molar-refractivity contribution in [3.05, 3.63) is 47.2 Å². The fourth-order valence-electron chi connectivity index (χ4n) is 6.95. The Bertz CT molecular complexity index is 1130. The molecule has 1 N–H and O–H groups in total. The third-order valence-electron chi connectivity index (χ3n) is 7.96. The summed E-state index contributed by atoms with van der Waals surface area (Å²) in [4.78, 5) is 15.2. The SMILES string of the molecule is CC(C)C1[C@H]2CC[C@]1([C@@H]1CNCCN1C(=O)OC(C)(C)C)c1nnc(-c3c(F)cccc3F)cc12. The minimum Gasteiger partial charge on any atom is -0.444 e. The Morgan fingerprint density at radius 1 is 1.23 bits per heavy atom. The van der Waals surface area contributed by atoms with Crippen molar-refractivity contribution in [3.8, 4) is 11.3 Å². The lowest BCUT2D eigenvalue weighted by Gasteiger charge is -2.48. The number of halogens is 2. The summed E-state index contributed by atoms with van der Waals surface area (Å²) in [6, 6.07) is 5.52. The topological polar surface area (TPSA) is 67.4 Å². The first-order valence-corrected chi connectivity index (χ1v) is 12.6. The quantitative estimate of drug-likeness (QED) is 0.662. The molecule has 35 heavy (non-hydrogen) atoms. The van der Waals surface area contributed by atoms with E-state index in [1.54, 1.807) is 0 Å². The Hall–Kier alpha value is -2.61. The molecule has 2 aliphatic carbocycles. The summed E-state index contributed by atoms with van der Waals surface area (Å²) in [6.07, 6.45) is 1.52. The van der Waals surface area contributed by atoms with Gasteiger partial charge in [0.25, 0.3) is 0 Å². The molecule has 1 aromatic carbocycles. The zero-order chi connectivity index (χ0) is 25.1. The monoisotopic (exact) mass is 484 g/mol. The summed E-state index contributed by atoms with van der Waals surface area (Å²) in [5.74, 6) is -0.526. The molecular formula is C27H34F2N4O2. The molecule has 4 atom stereocenters. The van der Waals surface area contributed by atoms with Crippen LogP contribution in [0.4, 0.5) is 13.6 Å². The van der Waals surface area contributed by atoms with Gasteiger partial charge in [-0.1, -0.05) is 19.9 Å². The standard InChI is InChI=1S/C27H34F2N4O2/c1-15(2)23-16-9-10-27(23,21-14-30-11-12-33(21)25(34)35-26(3,4)5)24-17(16)13-20(31-32-24)22-18(28)7-6-8-19(22)29/h6-8,13,15-16,21,23,30H,9-12,14H2,1-5H3/t16-,21-,23?,27+/m0/s1. The maximum Gasteiger partial charge on any atom is 0.410 e. The number of fused-ring (bicyclic) bond motifs is 5. The zero-order valence-corrected chi connectivity index (χ0v) is 21.1. The van der Waals surface area contributed by atoms with Crippen LogP contribution in [-0.4, -0.2) is 52.5 Å². The fraction of sp³-hybridized carbons (Fsp3) is 0.593. The van der Waals surface area contributed by atoms with Gasteiger partial charge < -0.3 is 15.0 Å². The average Bonchev–Trinajstić information content (AvgIpc) is 3.31. The molecule has 0 radical (unpaired) electrons. The number of benzene rings is 1. The van der Waals surface area contributed by atoms with E-state index < -0.39 is 22.7 Å². The molecule has 8 heteroatoms. The van der Waals surface area contributed by atoms with Gasteiger partial charge in [-0.15, -0.1) is 0 Å². The molecule has 2 heterocycles. The molecule has 188 valence electrons. The van der Waals surface area contributed by atoms with Gasteiger partial charge in [-0.25, -0.2) is 13.6 Å². The Morgan fingerprint density at radius 3 is 2.60 bits per heavy atom. The summed E-state index contributed by atoms with van der Waals surface area (Å²) in [7, 11) is 0. The van der Waals surface area contributed by atoms with Crippen molar-refractivity contribution in [2.75, 3.05) is 19.6 Å². The Kier molecular flexibility index (Phi) is 5.86. The molecule has 2 fully saturated rings. The molecule has 2 bridgehead atoms. The minimum absolute atomic E-state index is 0.143. The lowest BCUT2D eigenvalue weighted by molar-refractivity contribution is -0.00697. The highest BCUT2D eigenvalue weighted by molar-refractivity contribution is 5.70. The highest BCUT2D eigenvalue weighted by Crippen LogP contribution is 2.65. The summed E-state index contributed by atoms with van der Waals surface area (Å²) in [5, 5.41) is 12.5. The first kappa shape index (κ1) is 24.1. The summed E-state index contributed by atoms with van der Waals surface area (Å²) < 4.78 is 34.9. The Balaban J connectivity index is 1.62. The number of carbonyl (C=O) groups is 1. The third-order valence-corrected chi connectivity index (χ3v) is 7.96. The number of hydrogen-bond donors (Lipinski definition) is 1. The molecule has 2 aromatic rings. The molecule has 1 unspecified atom stereocenters. The number of aromatic nitrogens is 2. The molecule has 1 aromatic heterocycles. The third kappa shape index (κ3) is 3.81. The van der Waals surface area contributed by atoms with Crippen molar-refractivity contribution in [3.63, 3.8) is 0 Å². The lowest BCUT2D eigenvalue weighted by atomic mass is 9.67. The van der Waals surface area contributed by atoms with Crippen molar-refractivity contribution in [2.45, 2.75) is 70.4 Å². The summed E-state index contributed by atoms with van der Waals surface area (Å²) in [6.45, 7) is 11.9. The van der Waals surface area contributed by atoms with Gasteiger partial charge in [-0.2, -0.15) is 10.2 Å². The van der Waals surface area contributed by atoms with E-state index in [4.69, 9.17) is 4.74 Å².